The molecule has 110 valence electrons. The van der Waals surface area contributed by atoms with E-state index in [9.17, 15) is 0 Å². The first kappa shape index (κ1) is 13.9. The predicted octanol–water partition coefficient (Wildman–Crippen LogP) is 2.47. The Morgan fingerprint density at radius 1 is 0.900 bits per heavy atom. The van der Waals surface area contributed by atoms with E-state index in [-0.39, 0.29) is 5.54 Å². The molecule has 0 radical (unpaired) electrons. The normalized spacial score (nSPS) is 23.8. The van der Waals surface area contributed by atoms with E-state index in [0.29, 0.717) is 0 Å². The third kappa shape index (κ3) is 3.33. The van der Waals surface area contributed by atoms with Gasteiger partial charge in [-0.3, -0.25) is 4.90 Å². The monoisotopic (exact) mass is 273 g/mol. The Morgan fingerprint density at radius 3 is 2.20 bits per heavy atom. The SMILES string of the molecule is NC1(CN2CCN(c3ccccc3)CC2)CCCCC1. The molecule has 0 bridgehead atoms. The van der Waals surface area contributed by atoms with Gasteiger partial charge < -0.3 is 10.6 Å². The first-order valence-corrected chi connectivity index (χ1v) is 8.06. The van der Waals surface area contributed by atoms with Gasteiger partial charge in [0.05, 0.1) is 0 Å². The van der Waals surface area contributed by atoms with Crippen molar-refractivity contribution in [3.63, 3.8) is 0 Å². The van der Waals surface area contributed by atoms with Gasteiger partial charge in [-0.1, -0.05) is 37.5 Å². The Labute approximate surface area is 122 Å². The van der Waals surface area contributed by atoms with Gasteiger partial charge in [0, 0.05) is 44.0 Å². The van der Waals surface area contributed by atoms with Crippen LogP contribution in [-0.4, -0.2) is 43.2 Å². The van der Waals surface area contributed by atoms with Crippen molar-refractivity contribution in [2.75, 3.05) is 37.6 Å². The number of anilines is 1. The second-order valence-corrected chi connectivity index (χ2v) is 6.52. The van der Waals surface area contributed by atoms with Crippen molar-refractivity contribution in [2.24, 2.45) is 5.73 Å². The molecular weight excluding hydrogens is 246 g/mol. The fraction of sp³-hybridized carbons (Fsp3) is 0.647. The van der Waals surface area contributed by atoms with Crippen LogP contribution in [0.1, 0.15) is 32.1 Å². The van der Waals surface area contributed by atoms with Crippen LogP contribution in [0.15, 0.2) is 30.3 Å². The maximum absolute atomic E-state index is 6.58. The Kier molecular flexibility index (Phi) is 4.27. The summed E-state index contributed by atoms with van der Waals surface area (Å²) < 4.78 is 0. The van der Waals surface area contributed by atoms with E-state index in [2.05, 4.69) is 40.1 Å². The highest BCUT2D eigenvalue weighted by atomic mass is 15.3. The minimum absolute atomic E-state index is 0.0904. The summed E-state index contributed by atoms with van der Waals surface area (Å²) in [6.07, 6.45) is 6.44. The largest absolute Gasteiger partial charge is 0.369 e. The maximum Gasteiger partial charge on any atom is 0.0367 e. The van der Waals surface area contributed by atoms with E-state index in [1.54, 1.807) is 0 Å². The lowest BCUT2D eigenvalue weighted by Gasteiger charge is -2.42. The third-order valence-electron chi connectivity index (χ3n) is 4.88. The second kappa shape index (κ2) is 6.15. The van der Waals surface area contributed by atoms with Crippen LogP contribution >= 0.6 is 0 Å². The van der Waals surface area contributed by atoms with Crippen molar-refractivity contribution < 1.29 is 0 Å². The molecule has 1 aromatic rings. The zero-order valence-corrected chi connectivity index (χ0v) is 12.4. The van der Waals surface area contributed by atoms with E-state index in [0.717, 1.165) is 32.7 Å². The van der Waals surface area contributed by atoms with Crippen LogP contribution in [-0.2, 0) is 0 Å². The summed E-state index contributed by atoms with van der Waals surface area (Å²) in [4.78, 5) is 5.06. The molecule has 0 atom stereocenters. The van der Waals surface area contributed by atoms with Crippen LogP contribution in [0, 0.1) is 0 Å². The highest BCUT2D eigenvalue weighted by Crippen LogP contribution is 2.27. The molecule has 2 N–H and O–H groups in total. The summed E-state index contributed by atoms with van der Waals surface area (Å²) in [5.74, 6) is 0. The number of nitrogens with two attached hydrogens (primary N) is 1. The summed E-state index contributed by atoms with van der Waals surface area (Å²) in [6.45, 7) is 5.64. The Hall–Kier alpha value is -1.06. The fourth-order valence-electron chi connectivity index (χ4n) is 3.66. The van der Waals surface area contributed by atoms with Crippen LogP contribution in [0.25, 0.3) is 0 Å². The molecule has 2 aliphatic rings. The average Bonchev–Trinajstić information content (AvgIpc) is 2.49. The minimum atomic E-state index is 0.0904. The molecule has 1 heterocycles. The van der Waals surface area contributed by atoms with Gasteiger partial charge in [-0.2, -0.15) is 0 Å². The Balaban J connectivity index is 1.51. The molecule has 0 unspecified atom stereocenters. The van der Waals surface area contributed by atoms with Gasteiger partial charge in [0.15, 0.2) is 0 Å². The van der Waals surface area contributed by atoms with Gasteiger partial charge in [0.1, 0.15) is 0 Å². The first-order chi connectivity index (χ1) is 9.75. The number of hydrogen-bond acceptors (Lipinski definition) is 3. The molecular formula is C17H27N3. The van der Waals surface area contributed by atoms with Crippen molar-refractivity contribution >= 4 is 5.69 Å². The molecule has 0 amide bonds. The molecule has 1 saturated heterocycles. The van der Waals surface area contributed by atoms with Crippen molar-refractivity contribution in [1.82, 2.24) is 4.90 Å². The minimum Gasteiger partial charge on any atom is -0.369 e. The van der Waals surface area contributed by atoms with Gasteiger partial charge in [-0.05, 0) is 25.0 Å². The molecule has 3 heteroatoms. The lowest BCUT2D eigenvalue weighted by Crippen LogP contribution is -2.56. The maximum atomic E-state index is 6.58. The van der Waals surface area contributed by atoms with Gasteiger partial charge in [0.25, 0.3) is 0 Å². The van der Waals surface area contributed by atoms with E-state index in [1.165, 1.54) is 37.8 Å². The summed E-state index contributed by atoms with van der Waals surface area (Å²) in [5, 5.41) is 0. The van der Waals surface area contributed by atoms with E-state index in [4.69, 9.17) is 5.73 Å². The third-order valence-corrected chi connectivity index (χ3v) is 4.88. The molecule has 2 fully saturated rings. The molecule has 1 aliphatic heterocycles. The summed E-state index contributed by atoms with van der Waals surface area (Å²) in [6, 6.07) is 10.8. The smallest absolute Gasteiger partial charge is 0.0367 e. The standard InChI is InChI=1S/C17H27N3/c18-17(9-5-2-6-10-17)15-19-11-13-20(14-12-19)16-7-3-1-4-8-16/h1,3-4,7-8H,2,5-6,9-15,18H2. The number of benzene rings is 1. The lowest BCUT2D eigenvalue weighted by molar-refractivity contribution is 0.165. The number of nitrogens with zero attached hydrogens (tertiary/aromatic N) is 2. The zero-order valence-electron chi connectivity index (χ0n) is 12.4. The van der Waals surface area contributed by atoms with E-state index < -0.39 is 0 Å². The van der Waals surface area contributed by atoms with Crippen molar-refractivity contribution in [2.45, 2.75) is 37.6 Å². The number of para-hydroxylation sites is 1. The molecule has 0 spiro atoms. The summed E-state index contributed by atoms with van der Waals surface area (Å²) >= 11 is 0. The van der Waals surface area contributed by atoms with Crippen molar-refractivity contribution in [3.8, 4) is 0 Å². The first-order valence-electron chi connectivity index (χ1n) is 8.06. The molecule has 1 aromatic carbocycles. The average molecular weight is 273 g/mol. The number of hydrogen-bond donors (Lipinski definition) is 1. The highest BCUT2D eigenvalue weighted by molar-refractivity contribution is 5.46. The van der Waals surface area contributed by atoms with E-state index in [1.807, 2.05) is 0 Å². The fourth-order valence-corrected chi connectivity index (χ4v) is 3.66. The van der Waals surface area contributed by atoms with Crippen LogP contribution in [0.4, 0.5) is 5.69 Å². The van der Waals surface area contributed by atoms with Gasteiger partial charge >= 0.3 is 0 Å². The van der Waals surface area contributed by atoms with E-state index >= 15 is 0 Å². The molecule has 20 heavy (non-hydrogen) atoms. The van der Waals surface area contributed by atoms with Crippen LogP contribution < -0.4 is 10.6 Å². The lowest BCUT2D eigenvalue weighted by atomic mass is 9.82. The quantitative estimate of drug-likeness (QED) is 0.918. The molecule has 3 nitrogen and oxygen atoms in total. The van der Waals surface area contributed by atoms with Gasteiger partial charge in [0.2, 0.25) is 0 Å². The summed E-state index contributed by atoms with van der Waals surface area (Å²) in [5.41, 5.74) is 8.02. The molecule has 3 rings (SSSR count). The van der Waals surface area contributed by atoms with Crippen LogP contribution in [0.3, 0.4) is 0 Å². The van der Waals surface area contributed by atoms with Crippen molar-refractivity contribution in [1.29, 1.82) is 0 Å². The predicted molar refractivity (Wildman–Crippen MR) is 85.1 cm³/mol. The Morgan fingerprint density at radius 2 is 1.55 bits per heavy atom. The zero-order chi connectivity index (χ0) is 13.8. The highest BCUT2D eigenvalue weighted by Gasteiger charge is 2.30. The topological polar surface area (TPSA) is 32.5 Å². The molecule has 0 aromatic heterocycles. The van der Waals surface area contributed by atoms with Crippen LogP contribution in [0.2, 0.25) is 0 Å². The van der Waals surface area contributed by atoms with Crippen molar-refractivity contribution in [3.05, 3.63) is 30.3 Å². The number of rotatable bonds is 3. The van der Waals surface area contributed by atoms with Gasteiger partial charge in [-0.15, -0.1) is 0 Å². The second-order valence-electron chi connectivity index (χ2n) is 6.52. The van der Waals surface area contributed by atoms with Gasteiger partial charge in [-0.25, -0.2) is 0 Å². The van der Waals surface area contributed by atoms with Crippen LogP contribution in [0.5, 0.6) is 0 Å². The Bertz CT molecular complexity index is 404. The summed E-state index contributed by atoms with van der Waals surface area (Å²) in [7, 11) is 0. The molecule has 1 aliphatic carbocycles. The molecule has 1 saturated carbocycles. The number of piperazine rings is 1.